The van der Waals surface area contributed by atoms with E-state index in [1.54, 1.807) is 0 Å². The van der Waals surface area contributed by atoms with Gasteiger partial charge >= 0.3 is 0 Å². The summed E-state index contributed by atoms with van der Waals surface area (Å²) >= 11 is 4.98. The third kappa shape index (κ3) is 1.51. The monoisotopic (exact) mass is 211 g/mol. The third-order valence-corrected chi connectivity index (χ3v) is 4.64. The van der Waals surface area contributed by atoms with Crippen LogP contribution in [0.15, 0.2) is 0 Å². The zero-order valence-electron chi connectivity index (χ0n) is 8.71. The largest absolute Gasteiger partial charge is 0.374 e. The minimum Gasteiger partial charge on any atom is -0.374 e. The summed E-state index contributed by atoms with van der Waals surface area (Å²) in [5.74, 6) is 3.74. The highest BCUT2D eigenvalue weighted by atomic mass is 32.1. The van der Waals surface area contributed by atoms with E-state index >= 15 is 0 Å². The maximum Gasteiger partial charge on any atom is 0.0690 e. The van der Waals surface area contributed by atoms with Crippen LogP contribution in [0.5, 0.6) is 0 Å². The van der Waals surface area contributed by atoms with E-state index in [0.717, 1.165) is 30.1 Å². The molecule has 0 saturated heterocycles. The summed E-state index contributed by atoms with van der Waals surface area (Å²) in [6.45, 7) is 0.807. The number of ether oxygens (including phenoxy) is 1. The van der Waals surface area contributed by atoms with Gasteiger partial charge in [-0.3, -0.25) is 0 Å². The zero-order valence-corrected chi connectivity index (χ0v) is 9.52. The molecule has 4 aliphatic rings. The second-order valence-corrected chi connectivity index (χ2v) is 6.06. The van der Waals surface area contributed by atoms with Crippen LogP contribution >= 0.6 is 12.6 Å². The topological polar surface area (TPSA) is 9.23 Å². The number of rotatable bonds is 3. The van der Waals surface area contributed by atoms with Gasteiger partial charge in [-0.15, -0.1) is 0 Å². The van der Waals surface area contributed by atoms with Crippen LogP contribution in [0.2, 0.25) is 0 Å². The van der Waals surface area contributed by atoms with Gasteiger partial charge in [0.1, 0.15) is 0 Å². The molecule has 0 aliphatic heterocycles. The van der Waals surface area contributed by atoms with Gasteiger partial charge in [0.2, 0.25) is 0 Å². The van der Waals surface area contributed by atoms with Gasteiger partial charge in [-0.2, -0.15) is 0 Å². The van der Waals surface area contributed by atoms with Crippen LogP contribution in [-0.2, 0) is 4.74 Å². The van der Waals surface area contributed by atoms with Crippen LogP contribution in [0, 0.1) is 17.8 Å². The Bertz CT molecular complexity index is 191. The van der Waals surface area contributed by atoms with E-state index in [9.17, 15) is 0 Å². The van der Waals surface area contributed by atoms with Crippen molar-refractivity contribution in [3.63, 3.8) is 0 Å². The minimum absolute atomic E-state index is 0.285. The normalized spacial score (nSPS) is 49.9. The summed E-state index contributed by atoms with van der Waals surface area (Å²) in [5.41, 5.74) is 0.285. The molecule has 4 rings (SSSR count). The average molecular weight is 211 g/mol. The molecule has 0 atom stereocenters. The molecule has 79 valence electrons. The van der Waals surface area contributed by atoms with Crippen LogP contribution in [0.3, 0.4) is 0 Å². The van der Waals surface area contributed by atoms with Crippen molar-refractivity contribution in [2.24, 2.45) is 17.8 Å². The van der Waals surface area contributed by atoms with E-state index in [0.29, 0.717) is 0 Å². The lowest BCUT2D eigenvalue weighted by Gasteiger charge is -2.56. The Hall–Kier alpha value is 0.310. The smallest absolute Gasteiger partial charge is 0.0690 e. The zero-order chi connectivity index (χ0) is 9.60. The van der Waals surface area contributed by atoms with Gasteiger partial charge < -0.3 is 4.74 Å². The Balaban J connectivity index is 1.74. The van der Waals surface area contributed by atoms with Crippen molar-refractivity contribution in [3.8, 4) is 0 Å². The number of hydrogen-bond donors (Lipinski definition) is 0. The molecule has 0 amide bonds. The molecule has 14 heavy (non-hydrogen) atoms. The SMILES string of the molecule is [S]CCOC12CC3CC(CC(C3)C1)C2. The lowest BCUT2D eigenvalue weighted by Crippen LogP contribution is -2.52. The fourth-order valence-corrected chi connectivity index (χ4v) is 4.55. The van der Waals surface area contributed by atoms with Crippen LogP contribution in [0.25, 0.3) is 0 Å². The molecular formula is C12H19OS. The Morgan fingerprint density at radius 2 is 1.50 bits per heavy atom. The van der Waals surface area contributed by atoms with Gasteiger partial charge in [-0.1, -0.05) is 12.6 Å². The molecule has 0 unspecified atom stereocenters. The fourth-order valence-electron chi connectivity index (χ4n) is 4.47. The molecule has 2 heteroatoms. The highest BCUT2D eigenvalue weighted by molar-refractivity contribution is 7.80. The highest BCUT2D eigenvalue weighted by Crippen LogP contribution is 2.56. The molecule has 0 aromatic carbocycles. The summed E-state index contributed by atoms with van der Waals surface area (Å²) in [7, 11) is 0. The first-order valence-electron chi connectivity index (χ1n) is 6.02. The second kappa shape index (κ2) is 3.41. The Morgan fingerprint density at radius 3 is 1.93 bits per heavy atom. The van der Waals surface area contributed by atoms with E-state index < -0.39 is 0 Å². The molecule has 0 spiro atoms. The lowest BCUT2D eigenvalue weighted by molar-refractivity contribution is -0.158. The average Bonchev–Trinajstić information content (AvgIpc) is 2.12. The van der Waals surface area contributed by atoms with E-state index in [-0.39, 0.29) is 5.60 Å². The first-order valence-corrected chi connectivity index (χ1v) is 6.59. The Morgan fingerprint density at radius 1 is 1.00 bits per heavy atom. The molecule has 0 aromatic heterocycles. The van der Waals surface area contributed by atoms with Gasteiger partial charge in [0.25, 0.3) is 0 Å². The molecule has 0 N–H and O–H groups in total. The van der Waals surface area contributed by atoms with Crippen molar-refractivity contribution in [2.75, 3.05) is 12.4 Å². The van der Waals surface area contributed by atoms with E-state index in [4.69, 9.17) is 17.4 Å². The third-order valence-electron chi connectivity index (χ3n) is 4.47. The van der Waals surface area contributed by atoms with Crippen molar-refractivity contribution in [2.45, 2.75) is 44.1 Å². The van der Waals surface area contributed by atoms with Crippen LogP contribution < -0.4 is 0 Å². The van der Waals surface area contributed by atoms with Crippen molar-refractivity contribution in [1.29, 1.82) is 0 Å². The van der Waals surface area contributed by atoms with E-state index in [1.165, 1.54) is 38.5 Å². The maximum atomic E-state index is 6.09. The summed E-state index contributed by atoms with van der Waals surface area (Å²) in [4.78, 5) is 0. The van der Waals surface area contributed by atoms with E-state index in [2.05, 4.69) is 0 Å². The van der Waals surface area contributed by atoms with Crippen molar-refractivity contribution >= 4 is 12.6 Å². The summed E-state index contributed by atoms with van der Waals surface area (Å²) in [6, 6.07) is 0. The van der Waals surface area contributed by atoms with E-state index in [1.807, 2.05) is 0 Å². The first kappa shape index (κ1) is 9.53. The van der Waals surface area contributed by atoms with Crippen molar-refractivity contribution in [3.05, 3.63) is 0 Å². The molecule has 0 heterocycles. The predicted octanol–water partition coefficient (Wildman–Crippen LogP) is 3.17. The molecule has 4 fully saturated rings. The highest BCUT2D eigenvalue weighted by Gasteiger charge is 2.51. The Labute approximate surface area is 92.0 Å². The van der Waals surface area contributed by atoms with Crippen LogP contribution in [0.1, 0.15) is 38.5 Å². The van der Waals surface area contributed by atoms with Crippen molar-refractivity contribution < 1.29 is 4.74 Å². The molecular weight excluding hydrogens is 192 g/mol. The molecule has 1 nitrogen and oxygen atoms in total. The standard InChI is InChI=1S/C12H19OS/c14-2-1-13-12-6-9-3-10(7-12)5-11(4-9)8-12/h9-11H,1-8H2. The van der Waals surface area contributed by atoms with Gasteiger partial charge in [0, 0.05) is 5.75 Å². The van der Waals surface area contributed by atoms with Gasteiger partial charge in [0.05, 0.1) is 12.2 Å². The molecule has 4 saturated carbocycles. The quantitative estimate of drug-likeness (QED) is 0.696. The number of hydrogen-bond acceptors (Lipinski definition) is 1. The first-order chi connectivity index (χ1) is 6.80. The summed E-state index contributed by atoms with van der Waals surface area (Å²) < 4.78 is 6.09. The molecule has 1 radical (unpaired) electrons. The van der Waals surface area contributed by atoms with Crippen LogP contribution in [-0.4, -0.2) is 18.0 Å². The Kier molecular flexibility index (Phi) is 2.32. The second-order valence-electron chi connectivity index (χ2n) is 5.65. The molecule has 0 aromatic rings. The fraction of sp³-hybridized carbons (Fsp3) is 1.00. The maximum absolute atomic E-state index is 6.09. The van der Waals surface area contributed by atoms with Crippen molar-refractivity contribution in [1.82, 2.24) is 0 Å². The molecule has 4 bridgehead atoms. The predicted molar refractivity (Wildman–Crippen MR) is 59.3 cm³/mol. The summed E-state index contributed by atoms with van der Waals surface area (Å²) in [5, 5.41) is 0. The molecule has 4 aliphatic carbocycles. The van der Waals surface area contributed by atoms with Gasteiger partial charge in [-0.25, -0.2) is 0 Å². The lowest BCUT2D eigenvalue weighted by atomic mass is 9.54. The van der Waals surface area contributed by atoms with Crippen LogP contribution in [0.4, 0.5) is 0 Å². The van der Waals surface area contributed by atoms with Gasteiger partial charge in [-0.05, 0) is 56.3 Å². The summed E-state index contributed by atoms with van der Waals surface area (Å²) in [6.07, 6.45) is 8.51. The minimum atomic E-state index is 0.285. The van der Waals surface area contributed by atoms with Gasteiger partial charge in [0.15, 0.2) is 0 Å².